The molecule has 25 heavy (non-hydrogen) atoms. The molecule has 1 saturated heterocycles. The van der Waals surface area contributed by atoms with Crippen molar-refractivity contribution in [1.82, 2.24) is 4.31 Å². The van der Waals surface area contributed by atoms with Crippen molar-refractivity contribution >= 4 is 16.0 Å². The molecular formula is C19H21NO4S. The first kappa shape index (κ1) is 17.6. The van der Waals surface area contributed by atoms with E-state index in [1.165, 1.54) is 12.1 Å². The van der Waals surface area contributed by atoms with Gasteiger partial charge in [-0.15, -0.1) is 0 Å². The second-order valence-electron chi connectivity index (χ2n) is 6.42. The third-order valence-electron chi connectivity index (χ3n) is 4.74. The maximum atomic E-state index is 13.1. The standard InChI is InChI=1S/C19H21NO4S/c1-14-7-12-18(16-5-3-2-4-6-16)25(23,24)20(14)13-15-8-10-17(11-9-15)19(21)22/h2-6,8-11,14,18H,7,12-13H2,1H3,(H,21,22)/t14-,18-/m0/s1. The van der Waals surface area contributed by atoms with Gasteiger partial charge in [0.1, 0.15) is 5.25 Å². The first-order valence-corrected chi connectivity index (χ1v) is 9.78. The van der Waals surface area contributed by atoms with E-state index in [-0.39, 0.29) is 18.2 Å². The van der Waals surface area contributed by atoms with Gasteiger partial charge < -0.3 is 5.11 Å². The number of hydrogen-bond donors (Lipinski definition) is 1. The van der Waals surface area contributed by atoms with Crippen molar-refractivity contribution in [2.24, 2.45) is 0 Å². The van der Waals surface area contributed by atoms with Crippen LogP contribution in [0, 0.1) is 0 Å². The Labute approximate surface area is 148 Å². The van der Waals surface area contributed by atoms with Gasteiger partial charge in [-0.2, -0.15) is 4.31 Å². The molecule has 0 amide bonds. The van der Waals surface area contributed by atoms with Gasteiger partial charge in [-0.3, -0.25) is 0 Å². The van der Waals surface area contributed by atoms with Gasteiger partial charge in [0, 0.05) is 12.6 Å². The predicted octanol–water partition coefficient (Wildman–Crippen LogP) is 3.44. The lowest BCUT2D eigenvalue weighted by molar-refractivity contribution is 0.0697. The lowest BCUT2D eigenvalue weighted by Crippen LogP contribution is -2.44. The predicted molar refractivity (Wildman–Crippen MR) is 95.7 cm³/mol. The van der Waals surface area contributed by atoms with Gasteiger partial charge >= 0.3 is 5.97 Å². The van der Waals surface area contributed by atoms with Gasteiger partial charge in [0.2, 0.25) is 10.0 Å². The van der Waals surface area contributed by atoms with Crippen LogP contribution in [0.4, 0.5) is 0 Å². The van der Waals surface area contributed by atoms with Crippen LogP contribution < -0.4 is 0 Å². The zero-order valence-electron chi connectivity index (χ0n) is 14.0. The molecular weight excluding hydrogens is 338 g/mol. The smallest absolute Gasteiger partial charge is 0.335 e. The summed E-state index contributed by atoms with van der Waals surface area (Å²) in [6.07, 6.45) is 1.41. The first-order valence-electron chi connectivity index (χ1n) is 8.27. The summed E-state index contributed by atoms with van der Waals surface area (Å²) in [7, 11) is -3.47. The van der Waals surface area contributed by atoms with E-state index in [9.17, 15) is 13.2 Å². The molecule has 1 aliphatic rings. The van der Waals surface area contributed by atoms with Crippen LogP contribution >= 0.6 is 0 Å². The summed E-state index contributed by atoms with van der Waals surface area (Å²) in [5.41, 5.74) is 1.80. The van der Waals surface area contributed by atoms with E-state index in [0.29, 0.717) is 6.42 Å². The number of carbonyl (C=O) groups is 1. The third kappa shape index (κ3) is 3.60. The zero-order valence-corrected chi connectivity index (χ0v) is 14.8. The van der Waals surface area contributed by atoms with Gasteiger partial charge in [-0.1, -0.05) is 42.5 Å². The number of rotatable bonds is 4. The molecule has 6 heteroatoms. The van der Waals surface area contributed by atoms with Crippen LogP contribution in [0.2, 0.25) is 0 Å². The molecule has 2 aromatic carbocycles. The summed E-state index contributed by atoms with van der Waals surface area (Å²) in [6, 6.07) is 15.6. The summed E-state index contributed by atoms with van der Waals surface area (Å²) in [6.45, 7) is 2.18. The molecule has 0 aromatic heterocycles. The molecule has 0 unspecified atom stereocenters. The normalized spacial score (nSPS) is 23.2. The van der Waals surface area contributed by atoms with Gasteiger partial charge in [-0.25, -0.2) is 13.2 Å². The van der Waals surface area contributed by atoms with Gasteiger partial charge in [0.25, 0.3) is 0 Å². The van der Waals surface area contributed by atoms with E-state index in [1.54, 1.807) is 16.4 Å². The summed E-state index contributed by atoms with van der Waals surface area (Å²) >= 11 is 0. The number of carboxylic acid groups (broad SMARTS) is 1. The lowest BCUT2D eigenvalue weighted by Gasteiger charge is -2.37. The minimum absolute atomic E-state index is 0.0795. The van der Waals surface area contributed by atoms with Crippen LogP contribution in [0.1, 0.15) is 46.5 Å². The van der Waals surface area contributed by atoms with E-state index < -0.39 is 21.2 Å². The number of hydrogen-bond acceptors (Lipinski definition) is 3. The minimum Gasteiger partial charge on any atom is -0.478 e. The Balaban J connectivity index is 1.87. The number of sulfonamides is 1. The Morgan fingerprint density at radius 3 is 2.32 bits per heavy atom. The SMILES string of the molecule is C[C@H]1CC[C@@H](c2ccccc2)S(=O)(=O)N1Cc1ccc(C(=O)O)cc1. The van der Waals surface area contributed by atoms with Crippen LogP contribution in [-0.4, -0.2) is 29.8 Å². The van der Waals surface area contributed by atoms with Crippen molar-refractivity contribution in [2.75, 3.05) is 0 Å². The van der Waals surface area contributed by atoms with Crippen molar-refractivity contribution in [2.45, 2.75) is 37.6 Å². The van der Waals surface area contributed by atoms with Crippen LogP contribution in [0.5, 0.6) is 0 Å². The fourth-order valence-electron chi connectivity index (χ4n) is 3.28. The number of carboxylic acids is 1. The molecule has 1 N–H and O–H groups in total. The Morgan fingerprint density at radius 2 is 1.72 bits per heavy atom. The van der Waals surface area contributed by atoms with Crippen molar-refractivity contribution in [3.05, 3.63) is 71.3 Å². The van der Waals surface area contributed by atoms with E-state index >= 15 is 0 Å². The maximum Gasteiger partial charge on any atom is 0.335 e. The molecule has 2 aromatic rings. The Morgan fingerprint density at radius 1 is 1.08 bits per heavy atom. The third-order valence-corrected chi connectivity index (χ3v) is 7.11. The molecule has 0 aliphatic carbocycles. The van der Waals surface area contributed by atoms with Crippen molar-refractivity contribution in [1.29, 1.82) is 0 Å². The average Bonchev–Trinajstić information content (AvgIpc) is 2.59. The molecule has 132 valence electrons. The molecule has 1 fully saturated rings. The molecule has 0 saturated carbocycles. The van der Waals surface area contributed by atoms with Crippen LogP contribution in [0.3, 0.4) is 0 Å². The van der Waals surface area contributed by atoms with Gasteiger partial charge in [-0.05, 0) is 43.0 Å². The lowest BCUT2D eigenvalue weighted by atomic mass is 10.0. The zero-order chi connectivity index (χ0) is 18.0. The Hall–Kier alpha value is -2.18. The van der Waals surface area contributed by atoms with Gasteiger partial charge in [0.15, 0.2) is 0 Å². The number of aromatic carboxylic acids is 1. The Bertz CT molecular complexity index is 847. The molecule has 1 aliphatic heterocycles. The average molecular weight is 359 g/mol. The number of benzene rings is 2. The molecule has 2 atom stereocenters. The highest BCUT2D eigenvalue weighted by atomic mass is 32.2. The highest BCUT2D eigenvalue weighted by Crippen LogP contribution is 2.37. The monoisotopic (exact) mass is 359 g/mol. The highest BCUT2D eigenvalue weighted by Gasteiger charge is 2.40. The van der Waals surface area contributed by atoms with Crippen LogP contribution in [-0.2, 0) is 16.6 Å². The fourth-order valence-corrected chi connectivity index (χ4v) is 5.48. The molecule has 1 heterocycles. The van der Waals surface area contributed by atoms with Crippen molar-refractivity contribution in [3.8, 4) is 0 Å². The first-order chi connectivity index (χ1) is 11.9. The minimum atomic E-state index is -3.47. The summed E-state index contributed by atoms with van der Waals surface area (Å²) < 4.78 is 27.8. The van der Waals surface area contributed by atoms with E-state index in [2.05, 4.69) is 0 Å². The molecule has 3 rings (SSSR count). The van der Waals surface area contributed by atoms with Gasteiger partial charge in [0.05, 0.1) is 5.56 Å². The molecule has 0 spiro atoms. The highest BCUT2D eigenvalue weighted by molar-refractivity contribution is 7.89. The van der Waals surface area contributed by atoms with Crippen molar-refractivity contribution in [3.63, 3.8) is 0 Å². The van der Waals surface area contributed by atoms with E-state index in [4.69, 9.17) is 5.11 Å². The summed E-state index contributed by atoms with van der Waals surface area (Å²) in [4.78, 5) is 11.0. The fraction of sp³-hybridized carbons (Fsp3) is 0.316. The Kier molecular flexibility index (Phi) is 4.92. The summed E-state index contributed by atoms with van der Waals surface area (Å²) in [5, 5.41) is 8.45. The second kappa shape index (κ2) is 6.98. The number of nitrogens with zero attached hydrogens (tertiary/aromatic N) is 1. The quantitative estimate of drug-likeness (QED) is 0.907. The molecule has 0 radical (unpaired) electrons. The van der Waals surface area contributed by atoms with E-state index in [0.717, 1.165) is 17.5 Å². The largest absolute Gasteiger partial charge is 0.478 e. The van der Waals surface area contributed by atoms with Crippen LogP contribution in [0.15, 0.2) is 54.6 Å². The molecule has 5 nitrogen and oxygen atoms in total. The molecule has 0 bridgehead atoms. The maximum absolute atomic E-state index is 13.1. The second-order valence-corrected chi connectivity index (χ2v) is 8.49. The topological polar surface area (TPSA) is 74.7 Å². The summed E-state index contributed by atoms with van der Waals surface area (Å²) in [5.74, 6) is -0.991. The van der Waals surface area contributed by atoms with Crippen LogP contribution in [0.25, 0.3) is 0 Å². The van der Waals surface area contributed by atoms with E-state index in [1.807, 2.05) is 37.3 Å². The van der Waals surface area contributed by atoms with Crippen molar-refractivity contribution < 1.29 is 18.3 Å².